The summed E-state index contributed by atoms with van der Waals surface area (Å²) in [4.78, 5) is 72.6. The van der Waals surface area contributed by atoms with Crippen LogP contribution >= 0.6 is 34.4 Å². The van der Waals surface area contributed by atoms with Crippen molar-refractivity contribution in [2.24, 2.45) is 16.1 Å². The Kier molecular flexibility index (Phi) is 18.1. The molecular weight excluding hydrogens is 1050 g/mol. The highest BCUT2D eigenvalue weighted by Gasteiger charge is 2.25. The SMILES string of the molecule is CCCSc1nc(NCCNC(=O)OC(C)(C)C)c2nnn(Cc3ccc(C#CCNC(=O)C4CCN(CCNC(=O)c5ccc(-c6csc(-n7[nH]c(-c8ccccc8)c(N=Nc8nccs8)c7=O)n6)cc5)CC4)cc3)c2n1. The number of carbonyl (C=O) groups is 3. The number of thiazole rings is 2. The minimum Gasteiger partial charge on any atom is -0.444 e. The summed E-state index contributed by atoms with van der Waals surface area (Å²) in [5, 5.41) is 37.6. The average Bonchev–Trinajstić information content (AvgIpc) is 4.39. The first-order valence-corrected chi connectivity index (χ1v) is 28.2. The van der Waals surface area contributed by atoms with Crippen LogP contribution in [0.2, 0.25) is 0 Å². The molecule has 6 heterocycles. The van der Waals surface area contributed by atoms with Crippen LogP contribution in [0.4, 0.5) is 21.4 Å². The number of thioether (sulfide) groups is 1. The second-order valence-electron chi connectivity index (χ2n) is 19.0. The number of nitrogens with zero attached hydrogens (tertiary/aromatic N) is 11. The second-order valence-corrected chi connectivity index (χ2v) is 21.8. The van der Waals surface area contributed by atoms with Crippen molar-refractivity contribution in [1.82, 2.24) is 65.6 Å². The standard InChI is InChI=1S/C54H58N16O5S3/c1-5-31-76-51-61-45(55-24-25-59-53(74)75-54(2,3)4)44-46(62-51)69(67-64-44)33-36-15-13-35(14-16-36)10-9-23-56-48(72)40-21-28-68(29-22-40)30-26-57-47(71)39-19-17-37(18-20-39)41-34-78-52(60-41)70-49(73)43(63-65-50-58-27-32-77-50)42(66-70)38-11-7-6-8-12-38/h6-8,11-20,27,32,34,40,66H,5,21-26,28-31,33H2,1-4H3,(H,56,72)(H,57,71)(H,59,74)(H,55,61,62). The number of amides is 3. The van der Waals surface area contributed by atoms with Gasteiger partial charge in [0.1, 0.15) is 5.60 Å². The number of aromatic amines is 1. The molecule has 0 unspecified atom stereocenters. The van der Waals surface area contributed by atoms with E-state index in [1.54, 1.807) is 40.2 Å². The summed E-state index contributed by atoms with van der Waals surface area (Å²) in [6.45, 7) is 11.6. The molecule has 3 aromatic carbocycles. The van der Waals surface area contributed by atoms with E-state index >= 15 is 0 Å². The first-order valence-electron chi connectivity index (χ1n) is 25.5. The van der Waals surface area contributed by atoms with Crippen molar-refractivity contribution >= 4 is 80.1 Å². The predicted octanol–water partition coefficient (Wildman–Crippen LogP) is 8.46. The van der Waals surface area contributed by atoms with Crippen LogP contribution in [0.25, 0.3) is 38.8 Å². The van der Waals surface area contributed by atoms with Crippen LogP contribution in [0.5, 0.6) is 0 Å². The van der Waals surface area contributed by atoms with Gasteiger partial charge in [-0.3, -0.25) is 19.5 Å². The molecule has 24 heteroatoms. The Balaban J connectivity index is 0.695. The monoisotopic (exact) mass is 1110 g/mol. The van der Waals surface area contributed by atoms with Crippen molar-refractivity contribution in [3.05, 3.63) is 123 Å². The molecule has 1 saturated heterocycles. The number of fused-ring (bicyclic) bond motifs is 1. The van der Waals surface area contributed by atoms with Gasteiger partial charge in [0, 0.05) is 77.1 Å². The average molecular weight is 1110 g/mol. The van der Waals surface area contributed by atoms with E-state index in [1.807, 2.05) is 92.9 Å². The number of ether oxygens (including phenoxy) is 1. The summed E-state index contributed by atoms with van der Waals surface area (Å²) in [6.07, 6.45) is 3.54. The summed E-state index contributed by atoms with van der Waals surface area (Å²) in [6, 6.07) is 24.5. The Labute approximate surface area is 462 Å². The lowest BCUT2D eigenvalue weighted by Gasteiger charge is -2.31. The number of hydrogen-bond donors (Lipinski definition) is 5. The predicted molar refractivity (Wildman–Crippen MR) is 303 cm³/mol. The molecule has 0 bridgehead atoms. The molecule has 8 aromatic rings. The first-order chi connectivity index (χ1) is 37.9. The number of benzene rings is 3. The number of azo groups is 1. The normalized spacial score (nSPS) is 13.1. The third-order valence-electron chi connectivity index (χ3n) is 12.1. The molecule has 0 atom stereocenters. The summed E-state index contributed by atoms with van der Waals surface area (Å²) in [7, 11) is 0. The van der Waals surface area contributed by atoms with Crippen LogP contribution in [0.1, 0.15) is 68.4 Å². The summed E-state index contributed by atoms with van der Waals surface area (Å²) in [5.41, 5.74) is 5.36. The summed E-state index contributed by atoms with van der Waals surface area (Å²) in [5.74, 6) is 7.34. The van der Waals surface area contributed by atoms with Crippen molar-refractivity contribution in [1.29, 1.82) is 0 Å². The van der Waals surface area contributed by atoms with Gasteiger partial charge in [0.05, 0.1) is 24.5 Å². The molecule has 5 aromatic heterocycles. The van der Waals surface area contributed by atoms with Gasteiger partial charge < -0.3 is 30.9 Å². The van der Waals surface area contributed by atoms with Gasteiger partial charge in [0.15, 0.2) is 27.8 Å². The van der Waals surface area contributed by atoms with E-state index in [9.17, 15) is 19.2 Å². The Hall–Kier alpha value is -8.11. The zero-order chi connectivity index (χ0) is 54.4. The number of rotatable bonds is 20. The maximum Gasteiger partial charge on any atom is 0.407 e. The fourth-order valence-corrected chi connectivity index (χ4v) is 10.2. The highest BCUT2D eigenvalue weighted by atomic mass is 32.2. The van der Waals surface area contributed by atoms with Crippen LogP contribution in [0.15, 0.2) is 116 Å². The highest BCUT2D eigenvalue weighted by molar-refractivity contribution is 7.99. The third kappa shape index (κ3) is 14.5. The van der Waals surface area contributed by atoms with Crippen LogP contribution in [0, 0.1) is 17.8 Å². The molecule has 5 N–H and O–H groups in total. The zero-order valence-electron chi connectivity index (χ0n) is 43.5. The number of anilines is 1. The van der Waals surface area contributed by atoms with Crippen molar-refractivity contribution in [3.8, 4) is 39.5 Å². The molecule has 78 heavy (non-hydrogen) atoms. The van der Waals surface area contributed by atoms with Gasteiger partial charge in [-0.1, -0.05) is 90.3 Å². The van der Waals surface area contributed by atoms with Crippen molar-refractivity contribution in [2.75, 3.05) is 56.9 Å². The van der Waals surface area contributed by atoms with Gasteiger partial charge in [0.25, 0.3) is 5.91 Å². The third-order valence-corrected chi connectivity index (χ3v) is 14.6. The fourth-order valence-electron chi connectivity index (χ4n) is 8.23. The molecule has 1 aliphatic heterocycles. The molecule has 402 valence electrons. The lowest BCUT2D eigenvalue weighted by molar-refractivity contribution is -0.126. The minimum atomic E-state index is -0.585. The summed E-state index contributed by atoms with van der Waals surface area (Å²) >= 11 is 4.18. The number of alkyl carbamates (subject to hydrolysis) is 1. The summed E-state index contributed by atoms with van der Waals surface area (Å²) < 4.78 is 8.43. The van der Waals surface area contributed by atoms with Crippen LogP contribution in [-0.2, 0) is 16.1 Å². The lowest BCUT2D eigenvalue weighted by Crippen LogP contribution is -2.43. The van der Waals surface area contributed by atoms with Gasteiger partial charge in [-0.25, -0.2) is 29.4 Å². The minimum absolute atomic E-state index is 0.00362. The topological polar surface area (TPSA) is 257 Å². The van der Waals surface area contributed by atoms with E-state index < -0.39 is 17.3 Å². The Morgan fingerprint density at radius 2 is 1.69 bits per heavy atom. The molecule has 21 nitrogen and oxygen atoms in total. The quantitative estimate of drug-likeness (QED) is 0.0158. The van der Waals surface area contributed by atoms with Crippen molar-refractivity contribution in [2.45, 2.75) is 64.3 Å². The molecule has 9 rings (SSSR count). The number of piperidine rings is 1. The van der Waals surface area contributed by atoms with Crippen LogP contribution in [-0.4, -0.2) is 125 Å². The van der Waals surface area contributed by atoms with Gasteiger partial charge in [-0.2, -0.15) is 4.68 Å². The smallest absolute Gasteiger partial charge is 0.407 e. The molecular formula is C54H58N16O5S3. The number of hydrogen-bond acceptors (Lipinski definition) is 18. The van der Waals surface area contributed by atoms with Gasteiger partial charge >= 0.3 is 11.7 Å². The number of H-pyrrole nitrogens is 1. The molecule has 0 spiro atoms. The first kappa shape index (κ1) is 54.7. The van der Waals surface area contributed by atoms with E-state index in [1.165, 1.54) is 27.4 Å². The number of nitrogens with one attached hydrogen (secondary N) is 5. The van der Waals surface area contributed by atoms with Crippen LogP contribution in [0.3, 0.4) is 0 Å². The second kappa shape index (κ2) is 25.8. The zero-order valence-corrected chi connectivity index (χ0v) is 45.9. The van der Waals surface area contributed by atoms with E-state index in [4.69, 9.17) is 14.7 Å². The molecule has 1 fully saturated rings. The van der Waals surface area contributed by atoms with Crippen molar-refractivity contribution < 1.29 is 19.1 Å². The molecule has 3 amide bonds. The highest BCUT2D eigenvalue weighted by Crippen LogP contribution is 2.31. The van der Waals surface area contributed by atoms with Gasteiger partial charge in [-0.15, -0.1) is 38.0 Å². The Bertz CT molecular complexity index is 3480. The van der Waals surface area contributed by atoms with Crippen molar-refractivity contribution in [3.63, 3.8) is 0 Å². The largest absolute Gasteiger partial charge is 0.444 e. The number of aromatic nitrogens is 9. The maximum atomic E-state index is 13.7. The van der Waals surface area contributed by atoms with Gasteiger partial charge in [0.2, 0.25) is 16.2 Å². The van der Waals surface area contributed by atoms with E-state index in [0.29, 0.717) is 82.1 Å². The number of likely N-dealkylation sites (tertiary alicyclic amines) is 1. The van der Waals surface area contributed by atoms with E-state index in [2.05, 4.69) is 80.5 Å². The fraction of sp³-hybridized carbons (Fsp3) is 0.333. The molecule has 0 radical (unpaired) electrons. The van der Waals surface area contributed by atoms with Gasteiger partial charge in [-0.05, 0) is 83.0 Å². The lowest BCUT2D eigenvalue weighted by atomic mass is 9.96. The Morgan fingerprint density at radius 3 is 2.44 bits per heavy atom. The molecule has 1 aliphatic rings. The maximum absolute atomic E-state index is 13.7. The Morgan fingerprint density at radius 1 is 0.897 bits per heavy atom. The van der Waals surface area contributed by atoms with E-state index in [-0.39, 0.29) is 30.0 Å². The number of carbonyl (C=O) groups excluding carboxylic acids is 3. The van der Waals surface area contributed by atoms with Crippen LogP contribution < -0.4 is 26.8 Å². The molecule has 0 saturated carbocycles. The molecule has 0 aliphatic carbocycles. The van der Waals surface area contributed by atoms with E-state index in [0.717, 1.165) is 60.4 Å².